The summed E-state index contributed by atoms with van der Waals surface area (Å²) in [6.07, 6.45) is 3.66. The fourth-order valence-corrected chi connectivity index (χ4v) is 4.02. The van der Waals surface area contributed by atoms with Gasteiger partial charge in [0.2, 0.25) is 0 Å². The lowest BCUT2D eigenvalue weighted by Gasteiger charge is -2.34. The molecule has 132 valence electrons. The summed E-state index contributed by atoms with van der Waals surface area (Å²) in [5.74, 6) is 1.44. The molecule has 0 N–H and O–H groups in total. The van der Waals surface area contributed by atoms with Crippen molar-refractivity contribution in [3.8, 4) is 0 Å². The number of aromatic nitrogens is 4. The van der Waals surface area contributed by atoms with E-state index in [0.29, 0.717) is 17.7 Å². The maximum absolute atomic E-state index is 12.6. The number of piperidine rings is 1. The van der Waals surface area contributed by atoms with Crippen LogP contribution in [-0.2, 0) is 20.6 Å². The van der Waals surface area contributed by atoms with Gasteiger partial charge in [-0.1, -0.05) is 13.8 Å². The lowest BCUT2D eigenvalue weighted by molar-refractivity contribution is 0.138. The van der Waals surface area contributed by atoms with E-state index in [4.69, 9.17) is 0 Å². The lowest BCUT2D eigenvalue weighted by atomic mass is 9.92. The van der Waals surface area contributed by atoms with Crippen molar-refractivity contribution < 1.29 is 0 Å². The van der Waals surface area contributed by atoms with Gasteiger partial charge in [0.15, 0.2) is 11.2 Å². The predicted molar refractivity (Wildman–Crippen MR) is 94.2 cm³/mol. The third-order valence-corrected chi connectivity index (χ3v) is 5.00. The van der Waals surface area contributed by atoms with Crippen LogP contribution in [0.25, 0.3) is 11.2 Å². The van der Waals surface area contributed by atoms with Crippen LogP contribution in [0.1, 0.15) is 26.7 Å². The van der Waals surface area contributed by atoms with E-state index in [1.165, 1.54) is 15.6 Å². The molecule has 0 spiro atoms. The van der Waals surface area contributed by atoms with Crippen LogP contribution in [0, 0.1) is 11.8 Å². The van der Waals surface area contributed by atoms with E-state index in [2.05, 4.69) is 23.7 Å². The summed E-state index contributed by atoms with van der Waals surface area (Å²) < 4.78 is 4.49. The Hall–Kier alpha value is -1.89. The Labute approximate surface area is 141 Å². The average molecular weight is 333 g/mol. The Balaban J connectivity index is 1.77. The van der Waals surface area contributed by atoms with Gasteiger partial charge >= 0.3 is 5.69 Å². The summed E-state index contributed by atoms with van der Waals surface area (Å²) in [7, 11) is 3.45. The van der Waals surface area contributed by atoms with Crippen molar-refractivity contribution >= 4 is 11.2 Å². The highest BCUT2D eigenvalue weighted by molar-refractivity contribution is 5.69. The van der Waals surface area contributed by atoms with E-state index in [-0.39, 0.29) is 11.2 Å². The monoisotopic (exact) mass is 333 g/mol. The van der Waals surface area contributed by atoms with Crippen molar-refractivity contribution in [3.63, 3.8) is 0 Å². The average Bonchev–Trinajstić information content (AvgIpc) is 2.89. The standard InChI is InChI=1S/C17H27N5O2/c1-12-8-13(2)10-21(9-12)6-5-7-22-16(23)14-15(18-11-19(14)3)20(4)17(22)24/h11-13H,5-10H2,1-4H3/t12-,13+. The number of aryl methyl sites for hydroxylation is 2. The normalized spacial score (nSPS) is 22.3. The highest BCUT2D eigenvalue weighted by atomic mass is 16.2. The fraction of sp³-hybridized carbons (Fsp3) is 0.706. The zero-order valence-electron chi connectivity index (χ0n) is 15.0. The Bertz CT molecular complexity index is 837. The van der Waals surface area contributed by atoms with Crippen LogP contribution in [0.3, 0.4) is 0 Å². The first kappa shape index (κ1) is 17.0. The Morgan fingerprint density at radius 1 is 1.12 bits per heavy atom. The van der Waals surface area contributed by atoms with Crippen molar-refractivity contribution in [1.82, 2.24) is 23.6 Å². The summed E-state index contributed by atoms with van der Waals surface area (Å²) in [5, 5.41) is 0. The van der Waals surface area contributed by atoms with Crippen LogP contribution < -0.4 is 11.2 Å². The smallest absolute Gasteiger partial charge is 0.328 e. The highest BCUT2D eigenvalue weighted by Gasteiger charge is 2.21. The van der Waals surface area contributed by atoms with Gasteiger partial charge in [0.25, 0.3) is 5.56 Å². The fourth-order valence-electron chi connectivity index (χ4n) is 4.02. The van der Waals surface area contributed by atoms with E-state index in [1.807, 2.05) is 0 Å². The largest absolute Gasteiger partial charge is 0.332 e. The molecule has 0 saturated carbocycles. The summed E-state index contributed by atoms with van der Waals surface area (Å²) in [6, 6.07) is 0. The number of nitrogens with zero attached hydrogens (tertiary/aromatic N) is 5. The van der Waals surface area contributed by atoms with Gasteiger partial charge in [-0.3, -0.25) is 13.9 Å². The number of hydrogen-bond donors (Lipinski definition) is 0. The van der Waals surface area contributed by atoms with Gasteiger partial charge < -0.3 is 9.47 Å². The van der Waals surface area contributed by atoms with Crippen molar-refractivity contribution in [1.29, 1.82) is 0 Å². The lowest BCUT2D eigenvalue weighted by Crippen LogP contribution is -2.42. The molecule has 0 aliphatic carbocycles. The first-order chi connectivity index (χ1) is 11.4. The second-order valence-electron chi connectivity index (χ2n) is 7.39. The Kier molecular flexibility index (Phi) is 4.62. The number of likely N-dealkylation sites (tertiary alicyclic amines) is 1. The minimum Gasteiger partial charge on any atom is -0.328 e. The molecule has 2 aromatic heterocycles. The zero-order valence-corrected chi connectivity index (χ0v) is 15.0. The highest BCUT2D eigenvalue weighted by Crippen LogP contribution is 2.20. The van der Waals surface area contributed by atoms with E-state index in [9.17, 15) is 9.59 Å². The summed E-state index contributed by atoms with van der Waals surface area (Å²) >= 11 is 0. The van der Waals surface area contributed by atoms with Gasteiger partial charge in [0.05, 0.1) is 6.33 Å². The van der Waals surface area contributed by atoms with Gasteiger partial charge in [-0.2, -0.15) is 0 Å². The minimum atomic E-state index is -0.286. The van der Waals surface area contributed by atoms with E-state index in [1.54, 1.807) is 25.0 Å². The van der Waals surface area contributed by atoms with Crippen molar-refractivity contribution in [2.75, 3.05) is 19.6 Å². The molecule has 3 rings (SSSR count). The third-order valence-electron chi connectivity index (χ3n) is 5.00. The molecule has 1 fully saturated rings. The Morgan fingerprint density at radius 3 is 2.46 bits per heavy atom. The molecule has 0 unspecified atom stereocenters. The SMILES string of the molecule is C[C@@H]1C[C@H](C)CN(CCCn2c(=O)c3c(ncn3C)n(C)c2=O)C1. The molecule has 3 heterocycles. The molecule has 0 radical (unpaired) electrons. The molecule has 0 amide bonds. The van der Waals surface area contributed by atoms with Crippen LogP contribution in [0.15, 0.2) is 15.9 Å². The molecule has 2 aromatic rings. The molecule has 0 aromatic carbocycles. The van der Waals surface area contributed by atoms with E-state index < -0.39 is 0 Å². The molecule has 2 atom stereocenters. The van der Waals surface area contributed by atoms with Crippen LogP contribution >= 0.6 is 0 Å². The van der Waals surface area contributed by atoms with Crippen LogP contribution in [0.5, 0.6) is 0 Å². The number of rotatable bonds is 4. The van der Waals surface area contributed by atoms with Crippen LogP contribution in [0.2, 0.25) is 0 Å². The number of fused-ring (bicyclic) bond motifs is 1. The molecule has 24 heavy (non-hydrogen) atoms. The molecular formula is C17H27N5O2. The maximum Gasteiger partial charge on any atom is 0.332 e. The first-order valence-electron chi connectivity index (χ1n) is 8.71. The summed E-state index contributed by atoms with van der Waals surface area (Å²) in [4.78, 5) is 31.7. The van der Waals surface area contributed by atoms with Crippen LogP contribution in [0.4, 0.5) is 0 Å². The topological polar surface area (TPSA) is 65.1 Å². The predicted octanol–water partition coefficient (Wildman–Crippen LogP) is 0.802. The molecule has 1 saturated heterocycles. The minimum absolute atomic E-state index is 0.242. The van der Waals surface area contributed by atoms with Crippen molar-refractivity contribution in [2.24, 2.45) is 25.9 Å². The number of hydrogen-bond acceptors (Lipinski definition) is 4. The zero-order chi connectivity index (χ0) is 17.4. The third kappa shape index (κ3) is 3.05. The second kappa shape index (κ2) is 6.55. The van der Waals surface area contributed by atoms with Gasteiger partial charge in [-0.25, -0.2) is 9.78 Å². The van der Waals surface area contributed by atoms with Gasteiger partial charge in [0.1, 0.15) is 0 Å². The van der Waals surface area contributed by atoms with Crippen molar-refractivity contribution in [3.05, 3.63) is 27.2 Å². The van der Waals surface area contributed by atoms with Gasteiger partial charge in [0, 0.05) is 33.7 Å². The summed E-state index contributed by atoms with van der Waals surface area (Å²) in [5.41, 5.74) is 0.403. The Morgan fingerprint density at radius 2 is 1.79 bits per heavy atom. The van der Waals surface area contributed by atoms with Crippen LogP contribution in [-0.4, -0.2) is 43.2 Å². The van der Waals surface area contributed by atoms with Gasteiger partial charge in [-0.05, 0) is 31.2 Å². The molecular weight excluding hydrogens is 306 g/mol. The molecule has 7 nitrogen and oxygen atoms in total. The molecule has 0 bridgehead atoms. The van der Waals surface area contributed by atoms with Gasteiger partial charge in [-0.15, -0.1) is 0 Å². The molecule has 1 aliphatic rings. The number of imidazole rings is 1. The second-order valence-corrected chi connectivity index (χ2v) is 7.39. The molecule has 1 aliphatic heterocycles. The quantitative estimate of drug-likeness (QED) is 0.830. The summed E-state index contributed by atoms with van der Waals surface area (Å²) in [6.45, 7) is 8.17. The van der Waals surface area contributed by atoms with E-state index in [0.717, 1.165) is 37.9 Å². The van der Waals surface area contributed by atoms with Crippen molar-refractivity contribution in [2.45, 2.75) is 33.2 Å². The van der Waals surface area contributed by atoms with E-state index >= 15 is 0 Å². The molecule has 7 heteroatoms. The maximum atomic E-state index is 12.6. The first-order valence-corrected chi connectivity index (χ1v) is 8.71.